The van der Waals surface area contributed by atoms with E-state index in [0.717, 1.165) is 19.6 Å². The highest BCUT2D eigenvalue weighted by Gasteiger charge is 2.28. The van der Waals surface area contributed by atoms with Gasteiger partial charge in [0.2, 0.25) is 0 Å². The lowest BCUT2D eigenvalue weighted by atomic mass is 9.93. The molecule has 0 amide bonds. The summed E-state index contributed by atoms with van der Waals surface area (Å²) in [6.45, 7) is 3.26. The number of aromatic nitrogens is 2. The number of hydrogen-bond acceptors (Lipinski definition) is 2. The van der Waals surface area contributed by atoms with Gasteiger partial charge in [-0.3, -0.25) is 9.88 Å². The fourth-order valence-corrected chi connectivity index (χ4v) is 2.99. The number of fused-ring (bicyclic) bond motifs is 1. The molecule has 0 aliphatic carbocycles. The number of likely N-dealkylation sites (tertiary alicyclic amines) is 1. The van der Waals surface area contributed by atoms with E-state index in [1.165, 1.54) is 22.2 Å². The number of benzene rings is 1. The number of hydrogen-bond donors (Lipinski definition) is 1. The fraction of sp³-hybridized carbons (Fsp3) is 0.235. The largest absolute Gasteiger partial charge is 0.357 e. The number of para-hydroxylation sites is 1. The summed E-state index contributed by atoms with van der Waals surface area (Å²) in [5, 5.41) is 1.30. The van der Waals surface area contributed by atoms with Crippen molar-refractivity contribution in [3.8, 4) is 0 Å². The van der Waals surface area contributed by atoms with Gasteiger partial charge in [0.05, 0.1) is 0 Å². The maximum Gasteiger partial charge on any atom is 0.0456 e. The molecule has 3 heteroatoms. The highest BCUT2D eigenvalue weighted by Crippen LogP contribution is 2.28. The molecule has 1 saturated heterocycles. The van der Waals surface area contributed by atoms with Crippen LogP contribution < -0.4 is 0 Å². The first-order chi connectivity index (χ1) is 9.88. The quantitative estimate of drug-likeness (QED) is 0.787. The molecule has 1 fully saturated rings. The Bertz CT molecular complexity index is 678. The summed E-state index contributed by atoms with van der Waals surface area (Å²) in [7, 11) is 0. The average Bonchev–Trinajstić information content (AvgIpc) is 2.86. The lowest BCUT2D eigenvalue weighted by Crippen LogP contribution is -2.44. The monoisotopic (exact) mass is 263 g/mol. The highest BCUT2D eigenvalue weighted by molar-refractivity contribution is 5.80. The van der Waals surface area contributed by atoms with Gasteiger partial charge in [-0.2, -0.15) is 0 Å². The molecular weight excluding hydrogens is 246 g/mol. The van der Waals surface area contributed by atoms with Crippen LogP contribution in [0.3, 0.4) is 0 Å². The Kier molecular flexibility index (Phi) is 2.78. The van der Waals surface area contributed by atoms with Crippen molar-refractivity contribution in [1.29, 1.82) is 0 Å². The Morgan fingerprint density at radius 2 is 2.05 bits per heavy atom. The molecule has 0 radical (unpaired) electrons. The molecule has 0 unspecified atom stereocenters. The van der Waals surface area contributed by atoms with E-state index in [2.05, 4.69) is 51.3 Å². The van der Waals surface area contributed by atoms with Crippen LogP contribution >= 0.6 is 0 Å². The molecule has 4 rings (SSSR count). The first-order valence-corrected chi connectivity index (χ1v) is 7.07. The van der Waals surface area contributed by atoms with Gasteiger partial charge in [-0.1, -0.05) is 24.3 Å². The summed E-state index contributed by atoms with van der Waals surface area (Å²) in [4.78, 5) is 10.2. The number of pyridine rings is 1. The van der Waals surface area contributed by atoms with Crippen LogP contribution in [0, 0.1) is 0 Å². The number of nitrogens with zero attached hydrogens (tertiary/aromatic N) is 2. The van der Waals surface area contributed by atoms with E-state index < -0.39 is 0 Å². The van der Waals surface area contributed by atoms with Crippen molar-refractivity contribution in [1.82, 2.24) is 14.9 Å². The summed E-state index contributed by atoms with van der Waals surface area (Å²) in [5.41, 5.74) is 3.89. The SMILES string of the molecule is c1cncc(C2CN(Cc3cc4ccccc4[nH]3)C2)c1. The van der Waals surface area contributed by atoms with E-state index in [-0.39, 0.29) is 0 Å². The van der Waals surface area contributed by atoms with E-state index >= 15 is 0 Å². The highest BCUT2D eigenvalue weighted by atomic mass is 15.2. The summed E-state index contributed by atoms with van der Waals surface area (Å²) in [6, 6.07) is 14.9. The van der Waals surface area contributed by atoms with E-state index in [0.29, 0.717) is 5.92 Å². The normalized spacial score (nSPS) is 16.4. The second-order valence-corrected chi connectivity index (χ2v) is 5.56. The average molecular weight is 263 g/mol. The zero-order valence-corrected chi connectivity index (χ0v) is 11.3. The topological polar surface area (TPSA) is 31.9 Å². The van der Waals surface area contributed by atoms with E-state index in [9.17, 15) is 0 Å². The molecule has 0 atom stereocenters. The molecule has 3 heterocycles. The lowest BCUT2D eigenvalue weighted by Gasteiger charge is -2.39. The number of nitrogens with one attached hydrogen (secondary N) is 1. The molecule has 1 aliphatic rings. The van der Waals surface area contributed by atoms with Gasteiger partial charge in [-0.15, -0.1) is 0 Å². The summed E-state index contributed by atoms with van der Waals surface area (Å²) >= 11 is 0. The van der Waals surface area contributed by atoms with Gasteiger partial charge in [-0.25, -0.2) is 0 Å². The minimum absolute atomic E-state index is 0.646. The van der Waals surface area contributed by atoms with E-state index in [4.69, 9.17) is 0 Å². The number of rotatable bonds is 3. The van der Waals surface area contributed by atoms with Crippen molar-refractivity contribution in [2.45, 2.75) is 12.5 Å². The molecule has 0 saturated carbocycles. The van der Waals surface area contributed by atoms with Crippen molar-refractivity contribution < 1.29 is 0 Å². The number of aromatic amines is 1. The van der Waals surface area contributed by atoms with Gasteiger partial charge in [0.25, 0.3) is 0 Å². The van der Waals surface area contributed by atoms with Gasteiger partial charge >= 0.3 is 0 Å². The van der Waals surface area contributed by atoms with Gasteiger partial charge in [0, 0.05) is 49.2 Å². The zero-order chi connectivity index (χ0) is 13.4. The molecule has 1 aromatic carbocycles. The van der Waals surface area contributed by atoms with Crippen molar-refractivity contribution in [3.05, 3.63) is 66.1 Å². The summed E-state index contributed by atoms with van der Waals surface area (Å²) < 4.78 is 0. The molecule has 3 aromatic rings. The zero-order valence-electron chi connectivity index (χ0n) is 11.3. The Hall–Kier alpha value is -2.13. The molecule has 0 spiro atoms. The Morgan fingerprint density at radius 1 is 1.15 bits per heavy atom. The fourth-order valence-electron chi connectivity index (χ4n) is 2.99. The van der Waals surface area contributed by atoms with Crippen LogP contribution in [0.2, 0.25) is 0 Å². The molecule has 20 heavy (non-hydrogen) atoms. The molecular formula is C17H17N3. The van der Waals surface area contributed by atoms with Crippen molar-refractivity contribution in [2.75, 3.05) is 13.1 Å². The molecule has 2 aromatic heterocycles. The van der Waals surface area contributed by atoms with Crippen LogP contribution in [0.4, 0.5) is 0 Å². The second kappa shape index (κ2) is 4.76. The van der Waals surface area contributed by atoms with Gasteiger partial charge in [0.1, 0.15) is 0 Å². The van der Waals surface area contributed by atoms with Gasteiger partial charge in [0.15, 0.2) is 0 Å². The predicted octanol–water partition coefficient (Wildman–Crippen LogP) is 3.16. The van der Waals surface area contributed by atoms with E-state index in [1.54, 1.807) is 0 Å². The maximum atomic E-state index is 4.20. The molecule has 0 bridgehead atoms. The Morgan fingerprint density at radius 3 is 2.85 bits per heavy atom. The second-order valence-electron chi connectivity index (χ2n) is 5.56. The van der Waals surface area contributed by atoms with Crippen molar-refractivity contribution in [2.24, 2.45) is 0 Å². The summed E-state index contributed by atoms with van der Waals surface area (Å²) in [6.07, 6.45) is 3.83. The standard InChI is InChI=1S/C17H17N3/c1-2-6-17-13(4-1)8-16(19-17)12-20-10-15(11-20)14-5-3-7-18-9-14/h1-9,15,19H,10-12H2. The smallest absolute Gasteiger partial charge is 0.0456 e. The number of H-pyrrole nitrogens is 1. The summed E-state index contributed by atoms with van der Waals surface area (Å²) in [5.74, 6) is 0.646. The third kappa shape index (κ3) is 2.10. The first-order valence-electron chi connectivity index (χ1n) is 7.07. The third-order valence-electron chi connectivity index (χ3n) is 4.09. The van der Waals surface area contributed by atoms with Crippen LogP contribution in [0.15, 0.2) is 54.9 Å². The van der Waals surface area contributed by atoms with E-state index in [1.807, 2.05) is 18.5 Å². The minimum Gasteiger partial charge on any atom is -0.357 e. The van der Waals surface area contributed by atoms with Crippen LogP contribution in [-0.4, -0.2) is 28.0 Å². The van der Waals surface area contributed by atoms with Crippen molar-refractivity contribution in [3.63, 3.8) is 0 Å². The van der Waals surface area contributed by atoms with Crippen LogP contribution in [0.5, 0.6) is 0 Å². The lowest BCUT2D eigenvalue weighted by molar-refractivity contribution is 0.138. The molecule has 100 valence electrons. The molecule has 1 aliphatic heterocycles. The Balaban J connectivity index is 1.42. The van der Waals surface area contributed by atoms with Crippen LogP contribution in [0.1, 0.15) is 17.2 Å². The van der Waals surface area contributed by atoms with Gasteiger partial charge < -0.3 is 4.98 Å². The third-order valence-corrected chi connectivity index (χ3v) is 4.09. The first kappa shape index (κ1) is 11.7. The van der Waals surface area contributed by atoms with Gasteiger partial charge in [-0.05, 0) is 29.1 Å². The Labute approximate surface area is 118 Å². The van der Waals surface area contributed by atoms with Crippen LogP contribution in [0.25, 0.3) is 10.9 Å². The van der Waals surface area contributed by atoms with Crippen molar-refractivity contribution >= 4 is 10.9 Å². The van der Waals surface area contributed by atoms with Crippen LogP contribution in [-0.2, 0) is 6.54 Å². The molecule has 3 nitrogen and oxygen atoms in total. The maximum absolute atomic E-state index is 4.20. The predicted molar refractivity (Wildman–Crippen MR) is 80.6 cm³/mol. The molecule has 1 N–H and O–H groups in total. The minimum atomic E-state index is 0.646.